The minimum absolute atomic E-state index is 0.185. The number of hydrogen-bond acceptors (Lipinski definition) is 4. The van der Waals surface area contributed by atoms with E-state index in [4.69, 9.17) is 4.74 Å². The van der Waals surface area contributed by atoms with Crippen molar-refractivity contribution in [3.63, 3.8) is 0 Å². The number of ketones is 1. The van der Waals surface area contributed by atoms with Gasteiger partial charge in [0.2, 0.25) is 0 Å². The van der Waals surface area contributed by atoms with Crippen LogP contribution in [0.4, 0.5) is 0 Å². The van der Waals surface area contributed by atoms with Crippen molar-refractivity contribution in [2.45, 2.75) is 38.5 Å². The first-order chi connectivity index (χ1) is 8.63. The molecule has 0 N–H and O–H groups in total. The number of methoxy groups -OCH3 is 1. The fourth-order valence-electron chi connectivity index (χ4n) is 2.40. The van der Waals surface area contributed by atoms with Crippen molar-refractivity contribution in [2.75, 3.05) is 7.11 Å². The van der Waals surface area contributed by atoms with Crippen LogP contribution in [0.25, 0.3) is 0 Å². The van der Waals surface area contributed by atoms with Gasteiger partial charge in [-0.05, 0) is 31.9 Å². The second kappa shape index (κ2) is 5.29. The number of rotatable bonds is 2. The Morgan fingerprint density at radius 3 is 2.83 bits per heavy atom. The maximum Gasteiger partial charge on any atom is 0.339 e. The van der Waals surface area contributed by atoms with Crippen molar-refractivity contribution >= 4 is 11.8 Å². The second-order valence-electron chi connectivity index (χ2n) is 4.64. The molecule has 0 bridgehead atoms. The number of ether oxygens (including phenoxy) is 1. The quantitative estimate of drug-likeness (QED) is 0.753. The first kappa shape index (κ1) is 12.7. The number of hydrogen-bond donors (Lipinski definition) is 0. The lowest BCUT2D eigenvalue weighted by Crippen LogP contribution is -2.21. The van der Waals surface area contributed by atoms with Gasteiger partial charge < -0.3 is 4.74 Å². The van der Waals surface area contributed by atoms with E-state index >= 15 is 0 Å². The van der Waals surface area contributed by atoms with Crippen molar-refractivity contribution in [3.05, 3.63) is 29.1 Å². The monoisotopic (exact) mass is 247 g/mol. The van der Waals surface area contributed by atoms with Gasteiger partial charge in [0.1, 0.15) is 5.78 Å². The highest BCUT2D eigenvalue weighted by Gasteiger charge is 2.29. The molecule has 0 radical (unpaired) electrons. The van der Waals surface area contributed by atoms with Gasteiger partial charge in [0.25, 0.3) is 0 Å². The fourth-order valence-corrected chi connectivity index (χ4v) is 2.40. The number of carbonyl (C=O) groups excluding carboxylic acids is 2. The van der Waals surface area contributed by atoms with Crippen LogP contribution in [0, 0.1) is 6.92 Å². The molecule has 1 aliphatic carbocycles. The van der Waals surface area contributed by atoms with Crippen LogP contribution in [0.3, 0.4) is 0 Å². The number of carbonyl (C=O) groups is 2. The minimum atomic E-state index is -0.420. The third kappa shape index (κ3) is 2.42. The van der Waals surface area contributed by atoms with Crippen LogP contribution in [0.15, 0.2) is 12.1 Å². The summed E-state index contributed by atoms with van der Waals surface area (Å²) >= 11 is 0. The summed E-state index contributed by atoms with van der Waals surface area (Å²) in [7, 11) is 1.34. The molecule has 4 heteroatoms. The van der Waals surface area contributed by atoms with E-state index in [2.05, 4.69) is 4.98 Å². The minimum Gasteiger partial charge on any atom is -0.465 e. The predicted molar refractivity (Wildman–Crippen MR) is 66.5 cm³/mol. The second-order valence-corrected chi connectivity index (χ2v) is 4.64. The first-order valence-electron chi connectivity index (χ1n) is 6.22. The smallest absolute Gasteiger partial charge is 0.339 e. The number of nitrogens with zero attached hydrogens (tertiary/aromatic N) is 1. The van der Waals surface area contributed by atoms with E-state index in [1.54, 1.807) is 12.1 Å². The molecule has 0 amide bonds. The van der Waals surface area contributed by atoms with Gasteiger partial charge in [-0.25, -0.2) is 4.79 Å². The van der Waals surface area contributed by atoms with Crippen molar-refractivity contribution in [1.29, 1.82) is 0 Å². The number of aryl methyl sites for hydroxylation is 1. The van der Waals surface area contributed by atoms with Gasteiger partial charge in [-0.1, -0.05) is 6.42 Å². The Balaban J connectivity index is 2.43. The fraction of sp³-hybridized carbons (Fsp3) is 0.500. The lowest BCUT2D eigenvalue weighted by Gasteiger charge is -2.21. The Labute approximate surface area is 106 Å². The summed E-state index contributed by atoms with van der Waals surface area (Å²) in [5, 5.41) is 0. The molecule has 1 atom stereocenters. The van der Waals surface area contributed by atoms with Crippen molar-refractivity contribution < 1.29 is 14.3 Å². The van der Waals surface area contributed by atoms with Crippen molar-refractivity contribution in [3.8, 4) is 0 Å². The number of aromatic nitrogens is 1. The normalized spacial score (nSPS) is 19.7. The average Bonchev–Trinajstić information content (AvgIpc) is 2.38. The van der Waals surface area contributed by atoms with Gasteiger partial charge in [0.05, 0.1) is 24.3 Å². The van der Waals surface area contributed by atoms with E-state index in [0.29, 0.717) is 17.7 Å². The van der Waals surface area contributed by atoms with Gasteiger partial charge in [0.15, 0.2) is 0 Å². The van der Waals surface area contributed by atoms with Gasteiger partial charge in [0, 0.05) is 12.1 Å². The molecule has 0 saturated heterocycles. The van der Waals surface area contributed by atoms with Crippen molar-refractivity contribution in [2.24, 2.45) is 0 Å². The van der Waals surface area contributed by atoms with Gasteiger partial charge in [-0.15, -0.1) is 0 Å². The summed E-state index contributed by atoms with van der Waals surface area (Å²) in [6, 6.07) is 3.47. The van der Waals surface area contributed by atoms with E-state index < -0.39 is 5.97 Å². The zero-order chi connectivity index (χ0) is 13.1. The first-order valence-corrected chi connectivity index (χ1v) is 6.22. The zero-order valence-electron chi connectivity index (χ0n) is 10.7. The lowest BCUT2D eigenvalue weighted by atomic mass is 9.83. The molecule has 2 rings (SSSR count). The largest absolute Gasteiger partial charge is 0.465 e. The molecule has 0 spiro atoms. The third-order valence-electron chi connectivity index (χ3n) is 3.35. The molecular weight excluding hydrogens is 230 g/mol. The molecule has 1 saturated carbocycles. The summed E-state index contributed by atoms with van der Waals surface area (Å²) < 4.78 is 4.75. The number of pyridine rings is 1. The molecule has 1 unspecified atom stereocenters. The molecule has 1 fully saturated rings. The van der Waals surface area contributed by atoms with Crippen LogP contribution in [0.5, 0.6) is 0 Å². The van der Waals surface area contributed by atoms with E-state index in [1.807, 2.05) is 6.92 Å². The molecule has 1 aromatic rings. The van der Waals surface area contributed by atoms with Crippen molar-refractivity contribution in [1.82, 2.24) is 4.98 Å². The van der Waals surface area contributed by atoms with Crippen LogP contribution in [-0.4, -0.2) is 23.8 Å². The van der Waals surface area contributed by atoms with Gasteiger partial charge in [-0.2, -0.15) is 0 Å². The molecule has 96 valence electrons. The zero-order valence-corrected chi connectivity index (χ0v) is 10.7. The van der Waals surface area contributed by atoms with Gasteiger partial charge >= 0.3 is 5.97 Å². The topological polar surface area (TPSA) is 56.3 Å². The molecule has 4 nitrogen and oxygen atoms in total. The van der Waals surface area contributed by atoms with Crippen LogP contribution < -0.4 is 0 Å². The molecule has 1 heterocycles. The Hall–Kier alpha value is -1.71. The number of Topliss-reactive ketones (excluding diaryl/α,β-unsaturated/α-hetero) is 1. The summed E-state index contributed by atoms with van der Waals surface area (Å²) in [6.07, 6.45) is 3.31. The molecule has 1 aromatic heterocycles. The summed E-state index contributed by atoms with van der Waals surface area (Å²) in [5.41, 5.74) is 1.82. The van der Waals surface area contributed by atoms with E-state index in [9.17, 15) is 9.59 Å². The lowest BCUT2D eigenvalue weighted by molar-refractivity contribution is -0.121. The average molecular weight is 247 g/mol. The SMILES string of the molecule is COC(=O)c1ccc(C)nc1C1CCCCC1=O. The maximum absolute atomic E-state index is 12.0. The van der Waals surface area contributed by atoms with Crippen LogP contribution >= 0.6 is 0 Å². The molecule has 0 aromatic carbocycles. The molecule has 0 aliphatic heterocycles. The maximum atomic E-state index is 12.0. The van der Waals surface area contributed by atoms with Crippen LogP contribution in [-0.2, 0) is 9.53 Å². The Bertz CT molecular complexity index is 482. The summed E-state index contributed by atoms with van der Waals surface area (Å²) in [6.45, 7) is 1.86. The molecule has 1 aliphatic rings. The molecule has 18 heavy (non-hydrogen) atoms. The summed E-state index contributed by atoms with van der Waals surface area (Å²) in [4.78, 5) is 28.1. The Morgan fingerprint density at radius 2 is 2.17 bits per heavy atom. The van der Waals surface area contributed by atoms with Gasteiger partial charge in [-0.3, -0.25) is 9.78 Å². The van der Waals surface area contributed by atoms with E-state index in [-0.39, 0.29) is 11.7 Å². The standard InChI is InChI=1S/C14H17NO3/c1-9-7-8-11(14(17)18-2)13(15-9)10-5-3-4-6-12(10)16/h7-8,10H,3-6H2,1-2H3. The Kier molecular flexibility index (Phi) is 3.75. The van der Waals surface area contributed by atoms with E-state index in [0.717, 1.165) is 25.0 Å². The summed E-state index contributed by atoms with van der Waals surface area (Å²) in [5.74, 6) is -0.479. The predicted octanol–water partition coefficient (Wildman–Crippen LogP) is 2.40. The van der Waals surface area contributed by atoms with Crippen LogP contribution in [0.2, 0.25) is 0 Å². The third-order valence-corrected chi connectivity index (χ3v) is 3.35. The molecular formula is C14H17NO3. The highest BCUT2D eigenvalue weighted by atomic mass is 16.5. The highest BCUT2D eigenvalue weighted by Crippen LogP contribution is 2.31. The Morgan fingerprint density at radius 1 is 1.39 bits per heavy atom. The van der Waals surface area contributed by atoms with Crippen LogP contribution in [0.1, 0.15) is 53.3 Å². The highest BCUT2D eigenvalue weighted by molar-refractivity contribution is 5.94. The number of esters is 1. The van der Waals surface area contributed by atoms with E-state index in [1.165, 1.54) is 7.11 Å².